The van der Waals surface area contributed by atoms with Gasteiger partial charge in [0.15, 0.2) is 15.5 Å². The van der Waals surface area contributed by atoms with E-state index in [-0.39, 0.29) is 16.7 Å². The highest BCUT2D eigenvalue weighted by molar-refractivity contribution is 7.97. The summed E-state index contributed by atoms with van der Waals surface area (Å²) in [5.74, 6) is 0.707. The lowest BCUT2D eigenvalue weighted by molar-refractivity contribution is -0.144. The second-order valence-corrected chi connectivity index (χ2v) is 20.2. The first-order chi connectivity index (χ1) is 36.9. The summed E-state index contributed by atoms with van der Waals surface area (Å²) in [4.78, 5) is 15.2. The van der Waals surface area contributed by atoms with Crippen molar-refractivity contribution in [2.24, 2.45) is 0 Å². The van der Waals surface area contributed by atoms with Crippen molar-refractivity contribution in [1.82, 2.24) is 0 Å². The molecule has 0 amide bonds. The summed E-state index contributed by atoms with van der Waals surface area (Å²) in [6.45, 7) is 4.20. The van der Waals surface area contributed by atoms with E-state index in [4.69, 9.17) is 0 Å². The lowest BCUT2D eigenvalue weighted by Crippen LogP contribution is -2.75. The fraction of sp³-hybridized carbons (Fsp3) is 0.204. The van der Waals surface area contributed by atoms with Gasteiger partial charge in [0.1, 0.15) is 6.15 Å². The van der Waals surface area contributed by atoms with E-state index >= 15 is 0 Å². The van der Waals surface area contributed by atoms with E-state index < -0.39 is 195 Å². The zero-order valence-electron chi connectivity index (χ0n) is 40.6. The van der Waals surface area contributed by atoms with Gasteiger partial charge in [-0.15, -0.1) is 0 Å². The molecule has 0 aliphatic rings. The number of Topliss-reactive ketones (excluding diaryl/α,β-unsaturated/α-hetero) is 1. The van der Waals surface area contributed by atoms with Gasteiger partial charge in [-0.05, 0) is 73.5 Å². The minimum Gasteiger partial charge on any atom is -0.289 e. The van der Waals surface area contributed by atoms with Crippen molar-refractivity contribution < 1.29 is 110 Å². The topological polar surface area (TPSA) is 17.1 Å². The number of rotatable bonds is 9. The molecule has 7 aromatic rings. The molecule has 432 valence electrons. The van der Waals surface area contributed by atoms with E-state index in [2.05, 4.69) is 62.4 Å². The summed E-state index contributed by atoms with van der Waals surface area (Å²) in [6.07, 6.45) is -54.8. The van der Waals surface area contributed by atoms with Gasteiger partial charge in [0.05, 0.1) is 55.4 Å². The average molecular weight is 1200 g/mol. The predicted octanol–water partition coefficient (Wildman–Crippen LogP) is 16.4. The second-order valence-electron chi connectivity index (χ2n) is 18.2. The Bertz CT molecular complexity index is 2920. The smallest absolute Gasteiger partial charge is 0.289 e. The summed E-state index contributed by atoms with van der Waals surface area (Å²) in [6, 6.07) is 17.8. The normalized spacial score (nSPS) is 13.3. The van der Waals surface area contributed by atoms with Gasteiger partial charge in [-0.1, -0.05) is 103 Å². The average Bonchev–Trinajstić information content (AvgIpc) is 3.34. The second kappa shape index (κ2) is 22.4. The van der Waals surface area contributed by atoms with E-state index in [1.165, 1.54) is 20.9 Å². The van der Waals surface area contributed by atoms with Crippen molar-refractivity contribution in [2.45, 2.75) is 73.0 Å². The number of ketones is 1. The van der Waals surface area contributed by atoms with E-state index in [0.717, 1.165) is 5.56 Å². The van der Waals surface area contributed by atoms with Crippen LogP contribution in [0.25, 0.3) is 0 Å². The summed E-state index contributed by atoms with van der Waals surface area (Å²) in [5.41, 5.74) is -27.0. The van der Waals surface area contributed by atoms with E-state index in [1.54, 1.807) is 0 Å². The number of aryl methyl sites for hydroxylation is 2. The van der Waals surface area contributed by atoms with E-state index in [9.17, 15) is 110 Å². The Labute approximate surface area is 445 Å². The molecule has 0 fully saturated rings. The van der Waals surface area contributed by atoms with Crippen LogP contribution < -0.4 is 21.9 Å². The van der Waals surface area contributed by atoms with Gasteiger partial charge in [0, 0.05) is 5.56 Å². The molecule has 0 bridgehead atoms. The van der Waals surface area contributed by atoms with Gasteiger partial charge >= 0.3 is 49.4 Å². The van der Waals surface area contributed by atoms with Crippen molar-refractivity contribution in [2.75, 3.05) is 5.75 Å². The third-order valence-corrected chi connectivity index (χ3v) is 14.6. The largest absolute Gasteiger partial charge is 0.416 e. The maximum atomic E-state index is 14.2. The van der Waals surface area contributed by atoms with Crippen molar-refractivity contribution in [3.05, 3.63) is 213 Å². The van der Waals surface area contributed by atoms with Gasteiger partial charge < -0.3 is 0 Å². The Morgan fingerprint density at radius 3 is 0.765 bits per heavy atom. The summed E-state index contributed by atoms with van der Waals surface area (Å²) in [5, 5.41) is 0. The Morgan fingerprint density at radius 2 is 0.556 bits per heavy atom. The van der Waals surface area contributed by atoms with Crippen LogP contribution >= 0.6 is 0 Å². The Kier molecular flexibility index (Phi) is 17.4. The quantitative estimate of drug-likeness (QED) is 0.0609. The number of carbonyl (C=O) groups excluding carboxylic acids is 1. The minimum atomic E-state index is -6.13. The molecule has 0 N–H and O–H groups in total. The van der Waals surface area contributed by atoms with Crippen molar-refractivity contribution >= 4 is 44.7 Å². The van der Waals surface area contributed by atoms with Crippen LogP contribution in [0.3, 0.4) is 0 Å². The first-order valence-corrected chi connectivity index (χ1v) is 24.1. The zero-order valence-corrected chi connectivity index (χ0v) is 41.4. The highest BCUT2D eigenvalue weighted by Crippen LogP contribution is 2.42. The molecule has 0 saturated carbocycles. The van der Waals surface area contributed by atoms with Crippen molar-refractivity contribution in [1.29, 1.82) is 0 Å². The molecule has 0 aliphatic carbocycles. The fourth-order valence-electron chi connectivity index (χ4n) is 8.75. The van der Waals surface area contributed by atoms with Gasteiger partial charge in [-0.25, -0.2) is 0 Å². The maximum Gasteiger partial charge on any atom is 0.416 e. The summed E-state index contributed by atoms with van der Waals surface area (Å²) >= 11 is 0. The Morgan fingerprint density at radius 1 is 0.321 bits per heavy atom. The molecule has 0 aliphatic heterocycles. The molecule has 81 heavy (non-hydrogen) atoms. The highest BCUT2D eigenvalue weighted by Gasteiger charge is 2.47. The SMILES string of the molecule is Cc1cccc([S+](CC(=O)c2ccccc2)c2cccc(C)c2)c1.FC(F)(F)c1cc([B-](c2cc(C(F)(F)F)cc(C(F)(F)F)c2)(c2cc(C(F)(F)F)cc(C(F)(F)F)c2)c2cc(C(F)(F)F)cc(C(F)(F)F)c2)cc(C(F)(F)F)c1. The molecule has 0 radical (unpaired) electrons. The summed E-state index contributed by atoms with van der Waals surface area (Å²) in [7, 11) is -0.252. The number of alkyl halides is 24. The molecule has 1 nitrogen and oxygen atoms in total. The molecule has 0 aromatic heterocycles. The number of benzene rings is 7. The van der Waals surface area contributed by atoms with Crippen LogP contribution in [-0.2, 0) is 60.3 Å². The predicted molar refractivity (Wildman–Crippen MR) is 252 cm³/mol. The van der Waals surface area contributed by atoms with Gasteiger partial charge in [0.2, 0.25) is 5.78 Å². The molecule has 7 rings (SSSR count). The molecule has 0 heterocycles. The number of carbonyl (C=O) groups is 1. The van der Waals surface area contributed by atoms with Crippen LogP contribution in [0.5, 0.6) is 0 Å². The van der Waals surface area contributed by atoms with Crippen LogP contribution in [0.4, 0.5) is 105 Å². The summed E-state index contributed by atoms with van der Waals surface area (Å²) < 4.78 is 341. The molecule has 0 unspecified atom stereocenters. The molecule has 0 spiro atoms. The third-order valence-electron chi connectivity index (χ3n) is 12.4. The van der Waals surface area contributed by atoms with E-state index in [0.29, 0.717) is 5.75 Å². The molecular formula is C54H33BF24OS. The molecular weight excluding hydrogens is 1160 g/mol. The van der Waals surface area contributed by atoms with Crippen molar-refractivity contribution in [3.63, 3.8) is 0 Å². The van der Waals surface area contributed by atoms with Crippen LogP contribution in [-0.4, -0.2) is 17.7 Å². The van der Waals surface area contributed by atoms with Crippen molar-refractivity contribution in [3.8, 4) is 0 Å². The number of halogens is 24. The molecule has 0 atom stereocenters. The van der Waals surface area contributed by atoms with E-state index in [1.807, 2.05) is 30.3 Å². The van der Waals surface area contributed by atoms with Crippen LogP contribution in [0.1, 0.15) is 66.0 Å². The number of hydrogen-bond acceptors (Lipinski definition) is 1. The maximum absolute atomic E-state index is 14.2. The molecule has 27 heteroatoms. The van der Waals surface area contributed by atoms with Crippen LogP contribution in [0, 0.1) is 13.8 Å². The molecule has 7 aromatic carbocycles. The lowest BCUT2D eigenvalue weighted by Gasteiger charge is -2.46. The van der Waals surface area contributed by atoms with Gasteiger partial charge in [0.25, 0.3) is 0 Å². The first-order valence-electron chi connectivity index (χ1n) is 22.7. The lowest BCUT2D eigenvalue weighted by atomic mass is 9.12. The first kappa shape index (κ1) is 63.1. The van der Waals surface area contributed by atoms with Gasteiger partial charge in [-0.3, -0.25) is 4.79 Å². The molecule has 0 saturated heterocycles. The van der Waals surface area contributed by atoms with Crippen LogP contribution in [0.2, 0.25) is 0 Å². The monoisotopic (exact) mass is 1200 g/mol. The number of hydrogen-bond donors (Lipinski definition) is 0. The zero-order chi connectivity index (χ0) is 60.9. The Balaban J connectivity index is 0.000000363. The Hall–Kier alpha value is -7.06. The highest BCUT2D eigenvalue weighted by atomic mass is 32.2. The van der Waals surface area contributed by atoms with Crippen LogP contribution in [0.15, 0.2) is 161 Å². The minimum absolute atomic E-state index is 0.196. The third kappa shape index (κ3) is 14.9. The standard InChI is InChI=1S/C32H12BF24.C22H21OS/c34-25(35,36)13-1-14(26(37,38)39)6-21(5-13)33(22-7-15(27(40,41)42)2-16(8-22)28(43,44)45,23-9-17(29(46,47)48)3-18(10-23)30(49,50)51)24-11-19(31(52,53)54)4-20(12-24)32(55,56)57;1-17-8-6-12-20(14-17)24(21-13-7-9-18(2)15-21)16-22(23)19-10-4-3-5-11-19/h1-12H;3-15H,16H2,1-2H3/q-1;+1. The van der Waals surface area contributed by atoms with Gasteiger partial charge in [-0.2, -0.15) is 127 Å². The fourth-order valence-corrected chi connectivity index (χ4v) is 10.9.